The van der Waals surface area contributed by atoms with E-state index in [1.807, 2.05) is 11.8 Å². The number of rotatable bonds is 8. The normalized spacial score (nSPS) is 10.6. The topological polar surface area (TPSA) is 69.9 Å². The zero-order chi connectivity index (χ0) is 20.1. The Hall–Kier alpha value is -3.29. The van der Waals surface area contributed by atoms with Gasteiger partial charge < -0.3 is 23.6 Å². The summed E-state index contributed by atoms with van der Waals surface area (Å²) in [6.45, 7) is 3.10. The molecule has 0 unspecified atom stereocenters. The van der Waals surface area contributed by atoms with E-state index >= 15 is 0 Å². The average Bonchev–Trinajstić information content (AvgIpc) is 3.20. The molecular formula is C20H22FN3O4. The molecule has 2 aromatic carbocycles. The number of methoxy groups -OCH3 is 3. The molecule has 0 spiro atoms. The molecule has 0 radical (unpaired) electrons. The Kier molecular flexibility index (Phi) is 5.98. The Morgan fingerprint density at radius 2 is 1.64 bits per heavy atom. The standard InChI is InChI=1S/C20H22FN3O4/c1-5-24(15-8-6-14(21)7-9-15)12-18-22-20(23-28-18)13-10-16(25-2)19(27-4)17(11-13)26-3/h6-11H,5,12H2,1-4H3. The molecule has 0 aliphatic carbocycles. The van der Waals surface area contributed by atoms with Gasteiger partial charge in [-0.15, -0.1) is 0 Å². The van der Waals surface area contributed by atoms with Crippen molar-refractivity contribution in [3.05, 3.63) is 48.1 Å². The minimum absolute atomic E-state index is 0.276. The second-order valence-corrected chi connectivity index (χ2v) is 5.92. The summed E-state index contributed by atoms with van der Waals surface area (Å²) >= 11 is 0. The molecular weight excluding hydrogens is 365 g/mol. The Balaban J connectivity index is 1.86. The summed E-state index contributed by atoms with van der Waals surface area (Å²) in [6, 6.07) is 9.80. The molecule has 0 atom stereocenters. The highest BCUT2D eigenvalue weighted by atomic mass is 19.1. The van der Waals surface area contributed by atoms with E-state index in [1.54, 1.807) is 45.6 Å². The molecule has 0 aliphatic rings. The first kappa shape index (κ1) is 19.5. The van der Waals surface area contributed by atoms with Crippen LogP contribution in [-0.2, 0) is 6.54 Å². The van der Waals surface area contributed by atoms with E-state index in [4.69, 9.17) is 18.7 Å². The molecule has 7 nitrogen and oxygen atoms in total. The lowest BCUT2D eigenvalue weighted by molar-refractivity contribution is 0.324. The van der Waals surface area contributed by atoms with Gasteiger partial charge in [-0.25, -0.2) is 4.39 Å². The van der Waals surface area contributed by atoms with Crippen LogP contribution in [0.3, 0.4) is 0 Å². The molecule has 1 heterocycles. The van der Waals surface area contributed by atoms with Crippen molar-refractivity contribution in [2.45, 2.75) is 13.5 Å². The van der Waals surface area contributed by atoms with Crippen molar-refractivity contribution in [1.29, 1.82) is 0 Å². The quantitative estimate of drug-likeness (QED) is 0.580. The van der Waals surface area contributed by atoms with E-state index in [-0.39, 0.29) is 5.82 Å². The first-order valence-corrected chi connectivity index (χ1v) is 8.73. The molecule has 0 saturated heterocycles. The van der Waals surface area contributed by atoms with Crippen LogP contribution in [0.15, 0.2) is 40.9 Å². The molecule has 0 bridgehead atoms. The lowest BCUT2D eigenvalue weighted by Gasteiger charge is -2.20. The molecule has 28 heavy (non-hydrogen) atoms. The zero-order valence-electron chi connectivity index (χ0n) is 16.2. The second-order valence-electron chi connectivity index (χ2n) is 5.92. The Morgan fingerprint density at radius 1 is 1.00 bits per heavy atom. The number of aromatic nitrogens is 2. The van der Waals surface area contributed by atoms with E-state index < -0.39 is 0 Å². The van der Waals surface area contributed by atoms with Crippen LogP contribution in [0.25, 0.3) is 11.4 Å². The predicted molar refractivity (Wildman–Crippen MR) is 103 cm³/mol. The monoisotopic (exact) mass is 387 g/mol. The largest absolute Gasteiger partial charge is 0.493 e. The maximum atomic E-state index is 13.2. The van der Waals surface area contributed by atoms with Gasteiger partial charge in [0.25, 0.3) is 0 Å². The van der Waals surface area contributed by atoms with Crippen LogP contribution in [0.1, 0.15) is 12.8 Å². The van der Waals surface area contributed by atoms with Crippen molar-refractivity contribution in [3.63, 3.8) is 0 Å². The number of nitrogens with zero attached hydrogens (tertiary/aromatic N) is 3. The fourth-order valence-corrected chi connectivity index (χ4v) is 2.85. The molecule has 3 rings (SSSR count). The summed E-state index contributed by atoms with van der Waals surface area (Å²) < 4.78 is 34.6. The molecule has 3 aromatic rings. The number of halogens is 1. The Morgan fingerprint density at radius 3 is 2.18 bits per heavy atom. The van der Waals surface area contributed by atoms with Gasteiger partial charge in [-0.05, 0) is 43.3 Å². The van der Waals surface area contributed by atoms with Gasteiger partial charge in [-0.3, -0.25) is 0 Å². The lowest BCUT2D eigenvalue weighted by Crippen LogP contribution is -2.22. The first-order chi connectivity index (χ1) is 13.6. The molecule has 8 heteroatoms. The number of hydrogen-bond donors (Lipinski definition) is 0. The van der Waals surface area contributed by atoms with Crippen LogP contribution in [0.4, 0.5) is 10.1 Å². The van der Waals surface area contributed by atoms with Gasteiger partial charge in [-0.1, -0.05) is 5.16 Å². The fraction of sp³-hybridized carbons (Fsp3) is 0.300. The fourth-order valence-electron chi connectivity index (χ4n) is 2.85. The van der Waals surface area contributed by atoms with Gasteiger partial charge in [0.1, 0.15) is 5.82 Å². The highest BCUT2D eigenvalue weighted by Crippen LogP contribution is 2.40. The van der Waals surface area contributed by atoms with Crippen LogP contribution < -0.4 is 19.1 Å². The SMILES string of the molecule is CCN(Cc1nc(-c2cc(OC)c(OC)c(OC)c2)no1)c1ccc(F)cc1. The molecule has 148 valence electrons. The molecule has 0 amide bonds. The van der Waals surface area contributed by atoms with Crippen LogP contribution in [0, 0.1) is 5.82 Å². The highest BCUT2D eigenvalue weighted by Gasteiger charge is 2.18. The third-order valence-electron chi connectivity index (χ3n) is 4.29. The minimum atomic E-state index is -0.276. The van der Waals surface area contributed by atoms with Crippen molar-refractivity contribution < 1.29 is 23.1 Å². The van der Waals surface area contributed by atoms with Gasteiger partial charge >= 0.3 is 0 Å². The van der Waals surface area contributed by atoms with Gasteiger partial charge in [0.05, 0.1) is 27.9 Å². The highest BCUT2D eigenvalue weighted by molar-refractivity contribution is 5.66. The predicted octanol–water partition coefficient (Wildman–Crippen LogP) is 3.93. The van der Waals surface area contributed by atoms with Crippen LogP contribution >= 0.6 is 0 Å². The van der Waals surface area contributed by atoms with Crippen LogP contribution in [0.2, 0.25) is 0 Å². The third-order valence-corrected chi connectivity index (χ3v) is 4.29. The van der Waals surface area contributed by atoms with E-state index in [0.29, 0.717) is 47.6 Å². The summed E-state index contributed by atoms with van der Waals surface area (Å²) in [7, 11) is 4.64. The molecule has 0 N–H and O–H groups in total. The summed E-state index contributed by atoms with van der Waals surface area (Å²) in [5.41, 5.74) is 1.55. The Labute approximate surface area is 162 Å². The maximum Gasteiger partial charge on any atom is 0.246 e. The number of ether oxygens (including phenoxy) is 3. The van der Waals surface area contributed by atoms with Gasteiger partial charge in [0.15, 0.2) is 11.5 Å². The van der Waals surface area contributed by atoms with Gasteiger partial charge in [0.2, 0.25) is 17.5 Å². The number of hydrogen-bond acceptors (Lipinski definition) is 7. The molecule has 0 saturated carbocycles. The minimum Gasteiger partial charge on any atom is -0.493 e. The maximum absolute atomic E-state index is 13.2. The van der Waals surface area contributed by atoms with E-state index in [0.717, 1.165) is 5.69 Å². The third kappa shape index (κ3) is 4.00. The van der Waals surface area contributed by atoms with Crippen LogP contribution in [-0.4, -0.2) is 38.0 Å². The van der Waals surface area contributed by atoms with Gasteiger partial charge in [0, 0.05) is 17.8 Å². The summed E-state index contributed by atoms with van der Waals surface area (Å²) in [4.78, 5) is 6.48. The molecule has 0 aliphatic heterocycles. The van der Waals surface area contributed by atoms with Crippen molar-refractivity contribution in [3.8, 4) is 28.6 Å². The smallest absolute Gasteiger partial charge is 0.246 e. The van der Waals surface area contributed by atoms with Crippen molar-refractivity contribution in [2.24, 2.45) is 0 Å². The summed E-state index contributed by atoms with van der Waals surface area (Å²) in [5, 5.41) is 4.06. The molecule has 1 aromatic heterocycles. The number of benzene rings is 2. The van der Waals surface area contributed by atoms with E-state index in [2.05, 4.69) is 10.1 Å². The lowest BCUT2D eigenvalue weighted by atomic mass is 10.1. The number of anilines is 1. The summed E-state index contributed by atoms with van der Waals surface area (Å²) in [5.74, 6) is 2.07. The Bertz CT molecular complexity index is 902. The van der Waals surface area contributed by atoms with Crippen molar-refractivity contribution in [1.82, 2.24) is 10.1 Å². The van der Waals surface area contributed by atoms with Crippen molar-refractivity contribution in [2.75, 3.05) is 32.8 Å². The van der Waals surface area contributed by atoms with Gasteiger partial charge in [-0.2, -0.15) is 4.98 Å². The van der Waals surface area contributed by atoms with Crippen LogP contribution in [0.5, 0.6) is 17.2 Å². The zero-order valence-corrected chi connectivity index (χ0v) is 16.2. The van der Waals surface area contributed by atoms with E-state index in [9.17, 15) is 4.39 Å². The van der Waals surface area contributed by atoms with E-state index in [1.165, 1.54) is 12.1 Å². The first-order valence-electron chi connectivity index (χ1n) is 8.73. The molecule has 0 fully saturated rings. The average molecular weight is 387 g/mol. The second kappa shape index (κ2) is 8.60. The van der Waals surface area contributed by atoms with Crippen molar-refractivity contribution >= 4 is 5.69 Å². The summed E-state index contributed by atoms with van der Waals surface area (Å²) in [6.07, 6.45) is 0.